The number of ether oxygens (including phenoxy) is 2. The fourth-order valence-corrected chi connectivity index (χ4v) is 4.96. The molecule has 0 bridgehead atoms. The Morgan fingerprint density at radius 1 is 1.37 bits per heavy atom. The molecule has 0 radical (unpaired) electrons. The first-order chi connectivity index (χ1) is 14.7. The number of fused-ring (bicyclic) bond motifs is 1. The number of hydrogen-bond donors (Lipinski definition) is 1. The van der Waals surface area contributed by atoms with Crippen LogP contribution in [0.2, 0.25) is 0 Å². The van der Waals surface area contributed by atoms with Crippen LogP contribution in [0.5, 0.6) is 5.75 Å². The maximum absolute atomic E-state index is 12.5. The summed E-state index contributed by atoms with van der Waals surface area (Å²) in [6.07, 6.45) is 2.56. The summed E-state index contributed by atoms with van der Waals surface area (Å²) in [5.41, 5.74) is 2.16. The molecule has 7 heteroatoms. The van der Waals surface area contributed by atoms with Crippen LogP contribution in [0.15, 0.2) is 42.6 Å². The highest BCUT2D eigenvalue weighted by atomic mass is 32.1. The van der Waals surface area contributed by atoms with Crippen molar-refractivity contribution in [2.75, 3.05) is 39.9 Å². The number of morpholine rings is 1. The summed E-state index contributed by atoms with van der Waals surface area (Å²) in [4.78, 5) is 20.9. The lowest BCUT2D eigenvalue weighted by Crippen LogP contribution is -2.39. The summed E-state index contributed by atoms with van der Waals surface area (Å²) in [6, 6.07) is 12.1. The third kappa shape index (κ3) is 4.64. The van der Waals surface area contributed by atoms with Crippen LogP contribution in [0.25, 0.3) is 10.2 Å². The fraction of sp³-hybridized carbons (Fsp3) is 0.391. The smallest absolute Gasteiger partial charge is 0.261 e. The average molecular weight is 426 g/mol. The molecule has 0 spiro atoms. The van der Waals surface area contributed by atoms with Gasteiger partial charge in [0.2, 0.25) is 0 Å². The number of benzene rings is 1. The second-order valence-electron chi connectivity index (χ2n) is 7.46. The number of amides is 1. The molecule has 1 aliphatic heterocycles. The highest BCUT2D eigenvalue weighted by Crippen LogP contribution is 2.37. The molecule has 1 amide bonds. The molecule has 1 aromatic carbocycles. The van der Waals surface area contributed by atoms with Crippen molar-refractivity contribution in [1.29, 1.82) is 0 Å². The van der Waals surface area contributed by atoms with Crippen molar-refractivity contribution in [3.8, 4) is 5.75 Å². The second-order valence-corrected chi connectivity index (χ2v) is 8.46. The summed E-state index contributed by atoms with van der Waals surface area (Å²) in [6.45, 7) is 5.97. The normalized spacial score (nSPS) is 17.2. The lowest BCUT2D eigenvalue weighted by Gasteiger charge is -2.33. The van der Waals surface area contributed by atoms with E-state index in [0.717, 1.165) is 47.6 Å². The first kappa shape index (κ1) is 20.8. The molecule has 1 aliphatic rings. The lowest BCUT2D eigenvalue weighted by molar-refractivity contribution is -0.0304. The van der Waals surface area contributed by atoms with E-state index in [1.807, 2.05) is 24.3 Å². The topological polar surface area (TPSA) is 63.7 Å². The van der Waals surface area contributed by atoms with Crippen molar-refractivity contribution in [1.82, 2.24) is 15.2 Å². The first-order valence-electron chi connectivity index (χ1n) is 10.3. The number of aryl methyl sites for hydroxylation is 1. The molecule has 158 valence electrons. The van der Waals surface area contributed by atoms with Gasteiger partial charge >= 0.3 is 0 Å². The van der Waals surface area contributed by atoms with E-state index in [4.69, 9.17) is 9.47 Å². The van der Waals surface area contributed by atoms with E-state index in [-0.39, 0.29) is 12.0 Å². The van der Waals surface area contributed by atoms with Gasteiger partial charge in [0.25, 0.3) is 5.91 Å². The van der Waals surface area contributed by atoms with Crippen LogP contribution in [0, 0.1) is 6.92 Å². The van der Waals surface area contributed by atoms with Crippen molar-refractivity contribution in [2.45, 2.75) is 19.4 Å². The lowest BCUT2D eigenvalue weighted by atomic mass is 10.0. The number of nitrogens with one attached hydrogen (secondary N) is 1. The summed E-state index contributed by atoms with van der Waals surface area (Å²) in [7, 11) is 1.66. The Balaban J connectivity index is 1.41. The SMILES string of the molecule is CNC(=O)c1sc2ncccc2c1C1CN(CCCOc2cccc(C)c2)CCO1. The minimum absolute atomic E-state index is 0.0831. The minimum atomic E-state index is -0.137. The van der Waals surface area contributed by atoms with Crippen LogP contribution < -0.4 is 10.1 Å². The minimum Gasteiger partial charge on any atom is -0.494 e. The summed E-state index contributed by atoms with van der Waals surface area (Å²) < 4.78 is 12.0. The zero-order valence-electron chi connectivity index (χ0n) is 17.4. The molecule has 1 N–H and O–H groups in total. The Kier molecular flexibility index (Phi) is 6.62. The maximum Gasteiger partial charge on any atom is 0.261 e. The van der Waals surface area contributed by atoms with Crippen LogP contribution in [0.1, 0.15) is 33.3 Å². The molecule has 3 aromatic rings. The highest BCUT2D eigenvalue weighted by molar-refractivity contribution is 7.20. The van der Waals surface area contributed by atoms with Gasteiger partial charge in [0.15, 0.2) is 0 Å². The Morgan fingerprint density at radius 3 is 3.10 bits per heavy atom. The number of rotatable bonds is 7. The van der Waals surface area contributed by atoms with Crippen molar-refractivity contribution in [2.24, 2.45) is 0 Å². The fourth-order valence-electron chi connectivity index (χ4n) is 3.82. The average Bonchev–Trinajstić information content (AvgIpc) is 3.16. The van der Waals surface area contributed by atoms with Gasteiger partial charge in [-0.1, -0.05) is 18.2 Å². The molecule has 0 saturated carbocycles. The first-order valence-corrected chi connectivity index (χ1v) is 11.1. The molecular formula is C23H27N3O3S. The third-order valence-corrected chi connectivity index (χ3v) is 6.42. The number of hydrogen-bond acceptors (Lipinski definition) is 6. The quantitative estimate of drug-likeness (QED) is 0.583. The second kappa shape index (κ2) is 9.55. The van der Waals surface area contributed by atoms with Gasteiger partial charge in [-0.25, -0.2) is 4.98 Å². The number of nitrogens with zero attached hydrogens (tertiary/aromatic N) is 2. The van der Waals surface area contributed by atoms with Crippen molar-refractivity contribution in [3.05, 3.63) is 58.6 Å². The molecule has 0 aliphatic carbocycles. The molecular weight excluding hydrogens is 398 g/mol. The van der Waals surface area contributed by atoms with Gasteiger partial charge in [0.05, 0.1) is 19.3 Å². The van der Waals surface area contributed by atoms with Crippen LogP contribution in [-0.2, 0) is 4.74 Å². The van der Waals surface area contributed by atoms with E-state index in [2.05, 4.69) is 34.3 Å². The highest BCUT2D eigenvalue weighted by Gasteiger charge is 2.29. The van der Waals surface area contributed by atoms with E-state index >= 15 is 0 Å². The predicted octanol–water partition coefficient (Wildman–Crippen LogP) is 3.81. The zero-order valence-corrected chi connectivity index (χ0v) is 18.2. The number of carbonyl (C=O) groups excluding carboxylic acids is 1. The van der Waals surface area contributed by atoms with Gasteiger partial charge in [-0.3, -0.25) is 9.69 Å². The van der Waals surface area contributed by atoms with Gasteiger partial charge in [-0.2, -0.15) is 0 Å². The largest absolute Gasteiger partial charge is 0.494 e. The van der Waals surface area contributed by atoms with Crippen LogP contribution in [-0.4, -0.2) is 55.7 Å². The Morgan fingerprint density at radius 2 is 2.27 bits per heavy atom. The van der Waals surface area contributed by atoms with Gasteiger partial charge in [0.1, 0.15) is 15.5 Å². The third-order valence-electron chi connectivity index (χ3n) is 5.29. The van der Waals surface area contributed by atoms with E-state index in [1.165, 1.54) is 16.9 Å². The Bertz CT molecular complexity index is 1020. The van der Waals surface area contributed by atoms with Gasteiger partial charge in [-0.05, 0) is 37.1 Å². The molecule has 1 atom stereocenters. The maximum atomic E-state index is 12.5. The van der Waals surface area contributed by atoms with Gasteiger partial charge < -0.3 is 14.8 Å². The summed E-state index contributed by atoms with van der Waals surface area (Å²) in [5, 5.41) is 3.76. The predicted molar refractivity (Wildman–Crippen MR) is 119 cm³/mol. The number of thiophene rings is 1. The molecule has 1 unspecified atom stereocenters. The monoisotopic (exact) mass is 425 g/mol. The molecule has 30 heavy (non-hydrogen) atoms. The standard InChI is InChI=1S/C23H27N3O3S/c1-16-6-3-7-17(14-16)28-12-5-10-26-11-13-29-19(15-26)20-18-8-4-9-25-23(18)30-21(20)22(27)24-2/h3-4,6-9,14,19H,5,10-13,15H2,1-2H3,(H,24,27). The van der Waals surface area contributed by atoms with E-state index < -0.39 is 0 Å². The van der Waals surface area contributed by atoms with Crippen LogP contribution in [0.3, 0.4) is 0 Å². The van der Waals surface area contributed by atoms with Crippen molar-refractivity contribution < 1.29 is 14.3 Å². The molecule has 3 heterocycles. The molecule has 2 aromatic heterocycles. The number of carbonyl (C=O) groups is 1. The van der Waals surface area contributed by atoms with Crippen LogP contribution >= 0.6 is 11.3 Å². The van der Waals surface area contributed by atoms with Gasteiger partial charge in [-0.15, -0.1) is 11.3 Å². The Labute approximate surface area is 180 Å². The number of pyridine rings is 1. The van der Waals surface area contributed by atoms with E-state index in [1.54, 1.807) is 13.2 Å². The van der Waals surface area contributed by atoms with Crippen molar-refractivity contribution >= 4 is 27.5 Å². The van der Waals surface area contributed by atoms with Gasteiger partial charge in [0, 0.05) is 43.8 Å². The molecule has 4 rings (SSSR count). The molecule has 1 saturated heterocycles. The summed E-state index contributed by atoms with van der Waals surface area (Å²) in [5.74, 6) is 0.836. The van der Waals surface area contributed by atoms with E-state index in [0.29, 0.717) is 18.1 Å². The van der Waals surface area contributed by atoms with E-state index in [9.17, 15) is 4.79 Å². The number of aromatic nitrogens is 1. The van der Waals surface area contributed by atoms with Crippen molar-refractivity contribution in [3.63, 3.8) is 0 Å². The molecule has 6 nitrogen and oxygen atoms in total. The summed E-state index contributed by atoms with van der Waals surface area (Å²) >= 11 is 1.43. The Hall–Kier alpha value is -2.48. The zero-order chi connectivity index (χ0) is 20.9. The van der Waals surface area contributed by atoms with Crippen LogP contribution in [0.4, 0.5) is 0 Å². The molecule has 1 fully saturated rings.